The summed E-state index contributed by atoms with van der Waals surface area (Å²) in [4.78, 5) is 0. The van der Waals surface area contributed by atoms with E-state index in [1.165, 1.54) is 55.7 Å². The molecule has 0 radical (unpaired) electrons. The van der Waals surface area contributed by atoms with E-state index in [1.807, 2.05) is 0 Å². The van der Waals surface area contributed by atoms with Crippen LogP contribution in [0.3, 0.4) is 0 Å². The van der Waals surface area contributed by atoms with Crippen molar-refractivity contribution in [1.82, 2.24) is 0 Å². The molecule has 0 spiro atoms. The second-order valence-electron chi connectivity index (χ2n) is 13.0. The standard InChI is InChI=1S/2C16H13.C3H6Cl3Si.CH3.2ClH.H2Si.Zr/c2*1-12-10-14-8-5-9-15(16(14)11-12)13-6-3-2-4-7-13;1-2-3-7(4,5)6;;;;;/h2*2-11H,1H3;1-3H2;1H3;2*1H;1H2;. The smallest absolute Gasteiger partial charge is 0.147 e. The zero-order valence-electron chi connectivity index (χ0n) is 25.3. The summed E-state index contributed by atoms with van der Waals surface area (Å²) in [6, 6.07) is 33.6. The van der Waals surface area contributed by atoms with E-state index in [0.717, 1.165) is 10.5 Å². The minimum atomic E-state index is -3.89. The fourth-order valence-electron chi connectivity index (χ4n) is 8.39. The van der Waals surface area contributed by atoms with E-state index >= 15 is 0 Å². The summed E-state index contributed by atoms with van der Waals surface area (Å²) in [5, 5.41) is 0. The van der Waals surface area contributed by atoms with Crippen LogP contribution in [0.5, 0.6) is 0 Å². The van der Waals surface area contributed by atoms with Gasteiger partial charge < -0.3 is 0 Å². The van der Waals surface area contributed by atoms with Crippen LogP contribution < -0.4 is 0 Å². The van der Waals surface area contributed by atoms with Crippen molar-refractivity contribution in [2.45, 2.75) is 42.3 Å². The van der Waals surface area contributed by atoms with E-state index in [2.05, 4.69) is 135 Å². The van der Waals surface area contributed by atoms with Gasteiger partial charge in [-0.1, -0.05) is 0 Å². The van der Waals surface area contributed by atoms with E-state index in [1.54, 1.807) is 0 Å². The third-order valence-corrected chi connectivity index (χ3v) is 36.0. The van der Waals surface area contributed by atoms with E-state index < -0.39 is 23.4 Å². The first-order valence-electron chi connectivity index (χ1n) is 14.8. The van der Waals surface area contributed by atoms with Crippen LogP contribution in [0, 0.1) is 0 Å². The van der Waals surface area contributed by atoms with Crippen molar-refractivity contribution in [3.8, 4) is 22.3 Å². The quantitative estimate of drug-likeness (QED) is 0.123. The Hall–Kier alpha value is -0.873. The summed E-state index contributed by atoms with van der Waals surface area (Å²) >= 11 is 15.6. The van der Waals surface area contributed by atoms with Crippen molar-refractivity contribution in [2.24, 2.45) is 0 Å². The van der Waals surface area contributed by atoms with Crippen molar-refractivity contribution in [1.29, 1.82) is 0 Å². The molecular formula is C36H39Cl5Si2Zr. The number of benzene rings is 4. The average Bonchev–Trinajstić information content (AvgIpc) is 3.49. The average molecular weight is 796 g/mol. The molecule has 0 N–H and O–H groups in total. The van der Waals surface area contributed by atoms with Crippen LogP contribution in [0.2, 0.25) is 14.8 Å². The third kappa shape index (κ3) is 6.61. The Morgan fingerprint density at radius 3 is 1.43 bits per heavy atom. The van der Waals surface area contributed by atoms with Gasteiger partial charge in [0.05, 0.1) is 0 Å². The molecular weight excluding hydrogens is 757 g/mol. The van der Waals surface area contributed by atoms with Gasteiger partial charge in [-0.3, -0.25) is 0 Å². The molecule has 0 aromatic heterocycles. The van der Waals surface area contributed by atoms with Crippen LogP contribution >= 0.6 is 58.1 Å². The summed E-state index contributed by atoms with van der Waals surface area (Å²) in [7, 11) is 0. The monoisotopic (exact) mass is 792 g/mol. The first-order chi connectivity index (χ1) is 20.0. The second-order valence-corrected chi connectivity index (χ2v) is 50.7. The Balaban J connectivity index is 0.00000221. The predicted molar refractivity (Wildman–Crippen MR) is 203 cm³/mol. The van der Waals surface area contributed by atoms with Crippen molar-refractivity contribution in [3.63, 3.8) is 0 Å². The van der Waals surface area contributed by atoms with Crippen LogP contribution in [0.25, 0.3) is 34.4 Å². The van der Waals surface area contributed by atoms with Crippen molar-refractivity contribution < 1.29 is 17.4 Å². The normalized spacial score (nSPS) is 17.5. The fraction of sp³-hybridized carbons (Fsp3) is 0.222. The molecule has 0 bridgehead atoms. The fourth-order valence-corrected chi connectivity index (χ4v) is 37.0. The van der Waals surface area contributed by atoms with Crippen LogP contribution in [0.15, 0.2) is 108 Å². The Bertz CT molecular complexity index is 1680. The molecule has 0 heterocycles. The number of allylic oxidation sites excluding steroid dienone is 2. The molecule has 0 amide bonds. The van der Waals surface area contributed by atoms with E-state index in [9.17, 15) is 0 Å². The molecule has 0 saturated carbocycles. The molecule has 0 fully saturated rings. The van der Waals surface area contributed by atoms with Crippen LogP contribution in [-0.4, -0.2) is 12.9 Å². The molecule has 0 nitrogen and oxygen atoms in total. The van der Waals surface area contributed by atoms with Gasteiger partial charge in [-0.15, -0.1) is 24.8 Å². The minimum absolute atomic E-state index is 0. The van der Waals surface area contributed by atoms with Gasteiger partial charge >= 0.3 is 271 Å². The summed E-state index contributed by atoms with van der Waals surface area (Å²) in [5.41, 5.74) is 14.0. The molecule has 44 heavy (non-hydrogen) atoms. The molecule has 230 valence electrons. The summed E-state index contributed by atoms with van der Waals surface area (Å²) in [6.45, 7) is 7.17. The number of fused-ring (bicyclic) bond motifs is 2. The maximum Gasteiger partial charge on any atom is -0.147 e. The second kappa shape index (κ2) is 13.7. The van der Waals surface area contributed by atoms with Gasteiger partial charge in [0.2, 0.25) is 0 Å². The van der Waals surface area contributed by atoms with Crippen LogP contribution in [-0.2, 0) is 17.4 Å². The molecule has 2 unspecified atom stereocenters. The Labute approximate surface area is 292 Å². The molecule has 8 heteroatoms. The predicted octanol–water partition coefficient (Wildman–Crippen LogP) is 12.2. The Morgan fingerprint density at radius 2 is 1.05 bits per heavy atom. The summed E-state index contributed by atoms with van der Waals surface area (Å²) < 4.78 is 4.76. The van der Waals surface area contributed by atoms with Gasteiger partial charge in [0.15, 0.2) is 0 Å². The maximum atomic E-state index is 6.50. The van der Waals surface area contributed by atoms with Gasteiger partial charge in [0.25, 0.3) is 0 Å². The van der Waals surface area contributed by atoms with Crippen LogP contribution in [0.4, 0.5) is 0 Å². The zero-order valence-corrected chi connectivity index (χ0v) is 34.1. The van der Waals surface area contributed by atoms with E-state index in [4.69, 9.17) is 33.2 Å². The van der Waals surface area contributed by atoms with Gasteiger partial charge in [0.1, 0.15) is 0 Å². The third-order valence-electron chi connectivity index (χ3n) is 9.81. The molecule has 0 aliphatic heterocycles. The molecule has 2 aliphatic rings. The van der Waals surface area contributed by atoms with Crippen LogP contribution in [0.1, 0.15) is 49.8 Å². The Kier molecular flexibility index (Phi) is 11.2. The zero-order chi connectivity index (χ0) is 29.7. The topological polar surface area (TPSA) is 0 Å². The SMILES string of the molecule is CC1=Cc2c(-c3ccccc3)cccc2[CH]1[Zr]([CH3])(=[SiH2])([CH2]CC[Si](Cl)(Cl)Cl)[CH]1C(C)=Cc2c(-c3ccccc3)cccc21.Cl.Cl. The number of rotatable bonds is 8. The van der Waals surface area contributed by atoms with Crippen molar-refractivity contribution in [3.05, 3.63) is 130 Å². The molecule has 0 saturated heterocycles. The first kappa shape index (κ1) is 36.0. The molecule has 2 atom stereocenters. The first-order valence-corrected chi connectivity index (χ1v) is 33.0. The minimum Gasteiger partial charge on any atom is -0.147 e. The van der Waals surface area contributed by atoms with Gasteiger partial charge in [0, 0.05) is 0 Å². The molecule has 4 aromatic carbocycles. The summed E-state index contributed by atoms with van der Waals surface area (Å²) in [6.07, 6.45) is 5.96. The Morgan fingerprint density at radius 1 is 0.636 bits per heavy atom. The summed E-state index contributed by atoms with van der Waals surface area (Å²) in [5.74, 6) is 0. The van der Waals surface area contributed by atoms with Gasteiger partial charge in [-0.25, -0.2) is 0 Å². The number of hydrogen-bond donors (Lipinski definition) is 0. The molecule has 6 rings (SSSR count). The van der Waals surface area contributed by atoms with E-state index in [-0.39, 0.29) is 24.8 Å². The maximum absolute atomic E-state index is 6.50. The largest absolute Gasteiger partial charge is 0.147 e. The number of hydrogen-bond acceptors (Lipinski definition) is 0. The van der Waals surface area contributed by atoms with Crippen molar-refractivity contribution in [2.75, 3.05) is 0 Å². The molecule has 4 aromatic rings. The van der Waals surface area contributed by atoms with Crippen molar-refractivity contribution >= 4 is 83.1 Å². The molecule has 2 aliphatic carbocycles. The van der Waals surface area contributed by atoms with Gasteiger partial charge in [-0.2, -0.15) is 0 Å². The van der Waals surface area contributed by atoms with E-state index in [0.29, 0.717) is 13.3 Å². The van der Waals surface area contributed by atoms with Gasteiger partial charge in [-0.05, 0) is 0 Å². The number of halogens is 5.